The molecule has 1 aromatic heterocycles. The maximum absolute atomic E-state index is 10.9. The van der Waals surface area contributed by atoms with Gasteiger partial charge in [0.2, 0.25) is 0 Å². The molecule has 0 aliphatic rings. The lowest BCUT2D eigenvalue weighted by Crippen LogP contribution is -2.02. The molecule has 0 amide bonds. The highest BCUT2D eigenvalue weighted by Gasteiger charge is 2.01. The predicted molar refractivity (Wildman–Crippen MR) is 59.9 cm³/mol. The first-order valence-corrected chi connectivity index (χ1v) is 4.72. The molecule has 0 unspecified atom stereocenters. The van der Waals surface area contributed by atoms with Crippen molar-refractivity contribution >= 4 is 24.1 Å². The third kappa shape index (κ3) is 4.04. The van der Waals surface area contributed by atoms with Gasteiger partial charge in [0.15, 0.2) is 0 Å². The molecule has 0 aromatic carbocycles. The Hall–Kier alpha value is -2.71. The minimum atomic E-state index is -0.540. The average Bonchev–Trinajstić information content (AvgIpc) is 2.83. The Kier molecular flexibility index (Phi) is 5.03. The van der Waals surface area contributed by atoms with E-state index in [4.69, 9.17) is 0 Å². The van der Waals surface area contributed by atoms with Crippen LogP contribution >= 0.6 is 0 Å². The third-order valence-electron chi connectivity index (χ3n) is 1.68. The lowest BCUT2D eigenvalue weighted by atomic mass is 10.6. The van der Waals surface area contributed by atoms with E-state index in [0.29, 0.717) is 0 Å². The molecular formula is C9H11N5O4. The van der Waals surface area contributed by atoms with E-state index in [1.165, 1.54) is 31.3 Å². The van der Waals surface area contributed by atoms with Crippen molar-refractivity contribution < 1.29 is 19.1 Å². The van der Waals surface area contributed by atoms with E-state index in [1.54, 1.807) is 0 Å². The zero-order valence-corrected chi connectivity index (χ0v) is 9.73. The summed E-state index contributed by atoms with van der Waals surface area (Å²) in [5.74, 6) is -0.844. The largest absolute Gasteiger partial charge is 0.466 e. The van der Waals surface area contributed by atoms with Crippen molar-refractivity contribution in [1.29, 1.82) is 0 Å². The van der Waals surface area contributed by atoms with Gasteiger partial charge in [0.1, 0.15) is 0 Å². The first-order valence-electron chi connectivity index (χ1n) is 4.72. The fraction of sp³-hybridized carbons (Fsp3) is 0.222. The monoisotopic (exact) mass is 253 g/mol. The van der Waals surface area contributed by atoms with Crippen LogP contribution in [-0.2, 0) is 19.1 Å². The molecule has 1 heterocycles. The van der Waals surface area contributed by atoms with Gasteiger partial charge in [-0.2, -0.15) is 4.68 Å². The first kappa shape index (κ1) is 13.4. The second-order valence-electron chi connectivity index (χ2n) is 2.79. The highest BCUT2D eigenvalue weighted by atomic mass is 16.5. The number of carbonyl (C=O) groups is 2. The fourth-order valence-corrected chi connectivity index (χ4v) is 0.841. The molecule has 0 saturated carbocycles. The van der Waals surface area contributed by atoms with Gasteiger partial charge in [0, 0.05) is 24.6 Å². The van der Waals surface area contributed by atoms with Crippen molar-refractivity contribution in [2.24, 2.45) is 0 Å². The molecule has 0 spiro atoms. The van der Waals surface area contributed by atoms with Crippen LogP contribution < -0.4 is 5.32 Å². The lowest BCUT2D eigenvalue weighted by Gasteiger charge is -1.97. The van der Waals surface area contributed by atoms with Crippen LogP contribution in [0.1, 0.15) is 0 Å². The zero-order chi connectivity index (χ0) is 13.4. The Labute approximate surface area is 102 Å². The SMILES string of the molecule is COC(=O)/C=C/Nc1nnnn1/C=C/C(=O)OC. The molecule has 0 aliphatic carbocycles. The van der Waals surface area contributed by atoms with E-state index in [9.17, 15) is 9.59 Å². The number of aromatic nitrogens is 4. The molecule has 1 N–H and O–H groups in total. The van der Waals surface area contributed by atoms with Gasteiger partial charge in [-0.3, -0.25) is 0 Å². The van der Waals surface area contributed by atoms with Gasteiger partial charge in [0.25, 0.3) is 5.95 Å². The molecule has 18 heavy (non-hydrogen) atoms. The molecule has 9 heteroatoms. The van der Waals surface area contributed by atoms with E-state index in [-0.39, 0.29) is 5.95 Å². The van der Waals surface area contributed by atoms with Gasteiger partial charge in [-0.25, -0.2) is 9.59 Å². The molecule has 1 rings (SSSR count). The van der Waals surface area contributed by atoms with Gasteiger partial charge in [0.05, 0.1) is 14.2 Å². The van der Waals surface area contributed by atoms with E-state index in [2.05, 4.69) is 30.3 Å². The number of hydrogen-bond donors (Lipinski definition) is 1. The van der Waals surface area contributed by atoms with Gasteiger partial charge < -0.3 is 14.8 Å². The van der Waals surface area contributed by atoms with Gasteiger partial charge in [-0.1, -0.05) is 5.10 Å². The maximum atomic E-state index is 10.9. The maximum Gasteiger partial charge on any atom is 0.332 e. The number of tetrazole rings is 1. The Balaban J connectivity index is 2.65. The van der Waals surface area contributed by atoms with E-state index in [1.807, 2.05) is 0 Å². The van der Waals surface area contributed by atoms with Crippen LogP contribution in [0.3, 0.4) is 0 Å². The van der Waals surface area contributed by atoms with E-state index < -0.39 is 11.9 Å². The Morgan fingerprint density at radius 1 is 1.22 bits per heavy atom. The van der Waals surface area contributed by atoms with Crippen LogP contribution in [0.2, 0.25) is 0 Å². The second kappa shape index (κ2) is 6.78. The molecule has 9 nitrogen and oxygen atoms in total. The van der Waals surface area contributed by atoms with Crippen LogP contribution in [0.15, 0.2) is 18.4 Å². The number of nitrogens with zero attached hydrogens (tertiary/aromatic N) is 4. The topological polar surface area (TPSA) is 108 Å². The van der Waals surface area contributed by atoms with Crippen molar-refractivity contribution in [1.82, 2.24) is 20.2 Å². The zero-order valence-electron chi connectivity index (χ0n) is 9.73. The quantitative estimate of drug-likeness (QED) is 0.548. The number of methoxy groups -OCH3 is 2. The number of hydrogen-bond acceptors (Lipinski definition) is 8. The number of anilines is 1. The molecule has 1 aromatic rings. The highest BCUT2D eigenvalue weighted by Crippen LogP contribution is 2.00. The van der Waals surface area contributed by atoms with Gasteiger partial charge in [-0.05, 0) is 10.4 Å². The predicted octanol–water partition coefficient (Wildman–Crippen LogP) is -0.585. The van der Waals surface area contributed by atoms with Crippen LogP contribution in [-0.4, -0.2) is 46.4 Å². The minimum absolute atomic E-state index is 0.218. The number of carbonyl (C=O) groups excluding carboxylic acids is 2. The van der Waals surface area contributed by atoms with Crippen molar-refractivity contribution in [3.8, 4) is 0 Å². The number of ether oxygens (including phenoxy) is 2. The van der Waals surface area contributed by atoms with Crippen LogP contribution in [0.5, 0.6) is 0 Å². The molecule has 0 aliphatic heterocycles. The Bertz CT molecular complexity index is 479. The highest BCUT2D eigenvalue weighted by molar-refractivity contribution is 5.85. The molecular weight excluding hydrogens is 242 g/mol. The summed E-state index contributed by atoms with van der Waals surface area (Å²) in [4.78, 5) is 21.7. The van der Waals surface area contributed by atoms with E-state index >= 15 is 0 Å². The summed E-state index contributed by atoms with van der Waals surface area (Å²) in [5, 5.41) is 13.2. The average molecular weight is 253 g/mol. The summed E-state index contributed by atoms with van der Waals surface area (Å²) in [6.07, 6.45) is 4.91. The number of nitrogens with one attached hydrogen (secondary N) is 1. The molecule has 0 radical (unpaired) electrons. The minimum Gasteiger partial charge on any atom is -0.466 e. The molecule has 96 valence electrons. The van der Waals surface area contributed by atoms with Crippen molar-refractivity contribution in [2.75, 3.05) is 19.5 Å². The molecule has 0 saturated heterocycles. The normalized spacial score (nSPS) is 10.8. The lowest BCUT2D eigenvalue weighted by molar-refractivity contribution is -0.135. The summed E-state index contributed by atoms with van der Waals surface area (Å²) in [5.41, 5.74) is 0. The summed E-state index contributed by atoms with van der Waals surface area (Å²) in [6, 6.07) is 0. The standard InChI is InChI=1S/C9H11N5O4/c1-17-7(15)3-5-10-9-11-12-13-14(9)6-4-8(16)18-2/h3-6H,1-2H3,(H,10,11,13)/b5-3+,6-4+. The fourth-order valence-electron chi connectivity index (χ4n) is 0.841. The van der Waals surface area contributed by atoms with Crippen molar-refractivity contribution in [3.05, 3.63) is 18.4 Å². The van der Waals surface area contributed by atoms with Gasteiger partial charge >= 0.3 is 11.9 Å². The van der Waals surface area contributed by atoms with Gasteiger partial charge in [-0.15, -0.1) is 0 Å². The number of esters is 2. The van der Waals surface area contributed by atoms with Crippen molar-refractivity contribution in [3.63, 3.8) is 0 Å². The Morgan fingerprint density at radius 2 is 1.89 bits per heavy atom. The second-order valence-corrected chi connectivity index (χ2v) is 2.79. The van der Waals surface area contributed by atoms with E-state index in [0.717, 1.165) is 12.2 Å². The summed E-state index contributed by atoms with van der Waals surface area (Å²) >= 11 is 0. The van der Waals surface area contributed by atoms with Crippen LogP contribution in [0, 0.1) is 0 Å². The third-order valence-corrected chi connectivity index (χ3v) is 1.68. The summed E-state index contributed by atoms with van der Waals surface area (Å²) in [7, 11) is 2.51. The number of rotatable bonds is 5. The first-order chi connectivity index (χ1) is 8.67. The van der Waals surface area contributed by atoms with Crippen molar-refractivity contribution in [2.45, 2.75) is 0 Å². The smallest absolute Gasteiger partial charge is 0.332 e. The molecule has 0 bridgehead atoms. The molecule has 0 atom stereocenters. The summed E-state index contributed by atoms with van der Waals surface area (Å²) < 4.78 is 10.00. The molecule has 0 fully saturated rings. The van der Waals surface area contributed by atoms with Crippen LogP contribution in [0.4, 0.5) is 5.95 Å². The Morgan fingerprint density at radius 3 is 2.56 bits per heavy atom. The summed E-state index contributed by atoms with van der Waals surface area (Å²) in [6.45, 7) is 0. The van der Waals surface area contributed by atoms with Crippen LogP contribution in [0.25, 0.3) is 6.20 Å².